The number of hydrazone groups is 1. The number of nitrogens with one attached hydrogen (secondary N) is 1. The number of hydrogen-bond acceptors (Lipinski definition) is 6. The molecule has 2 atom stereocenters. The highest BCUT2D eigenvalue weighted by Gasteiger charge is 2.45. The van der Waals surface area contributed by atoms with Crippen molar-refractivity contribution in [3.8, 4) is 0 Å². The van der Waals surface area contributed by atoms with Gasteiger partial charge >= 0.3 is 0 Å². The van der Waals surface area contributed by atoms with Crippen LogP contribution in [-0.4, -0.2) is 60.2 Å². The molecule has 4 bridgehead atoms. The third-order valence-electron chi connectivity index (χ3n) is 5.13. The first-order valence-corrected chi connectivity index (χ1v) is 8.24. The van der Waals surface area contributed by atoms with E-state index in [1.165, 1.54) is 23.4 Å². The molecule has 0 saturated carbocycles. The van der Waals surface area contributed by atoms with Crippen molar-refractivity contribution in [2.45, 2.75) is 6.92 Å². The molecular weight excluding hydrogens is 306 g/mol. The second-order valence-electron chi connectivity index (χ2n) is 7.18. The minimum absolute atomic E-state index is 0.0830. The van der Waals surface area contributed by atoms with Gasteiger partial charge in [0.25, 0.3) is 5.69 Å². The summed E-state index contributed by atoms with van der Waals surface area (Å²) in [6, 6.07) is 6.51. The van der Waals surface area contributed by atoms with Gasteiger partial charge in [0, 0.05) is 68.1 Å². The van der Waals surface area contributed by atoms with Crippen molar-refractivity contribution in [3.63, 3.8) is 0 Å². The van der Waals surface area contributed by atoms with Crippen LogP contribution in [0.15, 0.2) is 40.6 Å². The highest BCUT2D eigenvalue weighted by atomic mass is 16.6. The van der Waals surface area contributed by atoms with E-state index in [4.69, 9.17) is 0 Å². The summed E-state index contributed by atoms with van der Waals surface area (Å²) in [5, 5.41) is 15.2. The van der Waals surface area contributed by atoms with Gasteiger partial charge in [0.1, 0.15) is 0 Å². The van der Waals surface area contributed by atoms with Gasteiger partial charge < -0.3 is 0 Å². The number of rotatable bonds is 4. The Morgan fingerprint density at radius 2 is 2.00 bits per heavy atom. The largest absolute Gasteiger partial charge is 0.297 e. The second kappa shape index (κ2) is 5.68. The van der Waals surface area contributed by atoms with E-state index >= 15 is 0 Å². The first-order valence-electron chi connectivity index (χ1n) is 8.24. The van der Waals surface area contributed by atoms with Gasteiger partial charge in [-0.25, -0.2) is 0 Å². The van der Waals surface area contributed by atoms with Crippen LogP contribution in [0, 0.1) is 15.5 Å². The van der Waals surface area contributed by atoms with Crippen molar-refractivity contribution in [1.29, 1.82) is 0 Å². The summed E-state index contributed by atoms with van der Waals surface area (Å²) in [5.41, 5.74) is 6.80. The molecule has 126 valence electrons. The first-order chi connectivity index (χ1) is 11.5. The van der Waals surface area contributed by atoms with Gasteiger partial charge in [-0.15, -0.1) is 0 Å². The van der Waals surface area contributed by atoms with E-state index in [-0.39, 0.29) is 16.0 Å². The Bertz CT molecular complexity index is 724. The topological polar surface area (TPSA) is 74.0 Å². The van der Waals surface area contributed by atoms with Crippen LogP contribution in [0.25, 0.3) is 0 Å². The summed E-state index contributed by atoms with van der Waals surface area (Å²) in [6.07, 6.45) is 1.66. The third-order valence-corrected chi connectivity index (χ3v) is 5.13. The molecule has 0 radical (unpaired) electrons. The second-order valence-corrected chi connectivity index (χ2v) is 7.18. The molecule has 1 N–H and O–H groups in total. The van der Waals surface area contributed by atoms with Crippen LogP contribution in [0.2, 0.25) is 0 Å². The van der Waals surface area contributed by atoms with Crippen molar-refractivity contribution in [2.24, 2.45) is 10.5 Å². The van der Waals surface area contributed by atoms with E-state index < -0.39 is 0 Å². The average Bonchev–Trinajstić information content (AvgIpc) is 2.77. The minimum atomic E-state index is -0.388. The van der Waals surface area contributed by atoms with Crippen LogP contribution in [0.5, 0.6) is 0 Å². The number of hydrogen-bond donors (Lipinski definition) is 1. The molecule has 4 aliphatic heterocycles. The third kappa shape index (κ3) is 2.70. The highest BCUT2D eigenvalue weighted by Crippen LogP contribution is 2.39. The molecule has 7 heteroatoms. The molecule has 0 amide bonds. The lowest BCUT2D eigenvalue weighted by molar-refractivity contribution is -0.384. The smallest absolute Gasteiger partial charge is 0.270 e. The number of benzene rings is 1. The fourth-order valence-corrected chi connectivity index (χ4v) is 4.18. The van der Waals surface area contributed by atoms with Crippen LogP contribution in [-0.2, 0) is 0 Å². The molecule has 4 heterocycles. The predicted molar refractivity (Wildman–Crippen MR) is 91.8 cm³/mol. The van der Waals surface area contributed by atoms with Gasteiger partial charge in [-0.3, -0.25) is 25.3 Å². The van der Waals surface area contributed by atoms with Gasteiger partial charge in [0.2, 0.25) is 0 Å². The van der Waals surface area contributed by atoms with E-state index in [0.29, 0.717) is 0 Å². The van der Waals surface area contributed by atoms with E-state index in [0.717, 1.165) is 44.8 Å². The molecule has 1 aromatic rings. The summed E-state index contributed by atoms with van der Waals surface area (Å²) < 4.78 is 0. The van der Waals surface area contributed by atoms with Gasteiger partial charge in [-0.2, -0.15) is 5.10 Å². The van der Waals surface area contributed by atoms with E-state index in [2.05, 4.69) is 27.3 Å². The van der Waals surface area contributed by atoms with Crippen LogP contribution in [0.4, 0.5) is 5.69 Å². The molecule has 7 nitrogen and oxygen atoms in total. The molecular formula is C17H21N5O2. The molecule has 2 unspecified atom stereocenters. The lowest BCUT2D eigenvalue weighted by Gasteiger charge is -2.46. The Hall–Kier alpha value is -2.25. The quantitative estimate of drug-likeness (QED) is 0.514. The normalized spacial score (nSPS) is 31.5. The summed E-state index contributed by atoms with van der Waals surface area (Å²) in [5.74, 6) is 0. The monoisotopic (exact) mass is 327 g/mol. The molecule has 1 aromatic carbocycles. The van der Waals surface area contributed by atoms with E-state index in [1.54, 1.807) is 12.3 Å². The fraction of sp³-hybridized carbons (Fsp3) is 0.471. The molecule has 0 aromatic heterocycles. The zero-order chi connectivity index (χ0) is 16.7. The first kappa shape index (κ1) is 15.3. The Balaban J connectivity index is 1.54. The molecule has 5 rings (SSSR count). The summed E-state index contributed by atoms with van der Waals surface area (Å²) >= 11 is 0. The molecule has 2 saturated heterocycles. The number of nitrogens with zero attached hydrogens (tertiary/aromatic N) is 4. The number of fused-ring (bicyclic) bond motifs is 1. The van der Waals surface area contributed by atoms with Crippen molar-refractivity contribution in [2.75, 3.05) is 39.3 Å². The maximum atomic E-state index is 10.8. The number of nitro benzene ring substituents is 1. The number of non-ortho nitro benzene ring substituents is 1. The average molecular weight is 327 g/mol. The molecule has 0 aliphatic carbocycles. The Labute approximate surface area is 140 Å². The minimum Gasteiger partial charge on any atom is -0.297 e. The van der Waals surface area contributed by atoms with Crippen LogP contribution < -0.4 is 5.43 Å². The van der Waals surface area contributed by atoms with E-state index in [1.807, 2.05) is 6.07 Å². The van der Waals surface area contributed by atoms with Crippen molar-refractivity contribution < 1.29 is 4.92 Å². The van der Waals surface area contributed by atoms with Crippen molar-refractivity contribution in [3.05, 3.63) is 51.2 Å². The van der Waals surface area contributed by atoms with Gasteiger partial charge in [-0.05, 0) is 5.57 Å². The molecule has 0 spiro atoms. The van der Waals surface area contributed by atoms with Gasteiger partial charge in [0.15, 0.2) is 0 Å². The van der Waals surface area contributed by atoms with E-state index in [9.17, 15) is 10.1 Å². The maximum Gasteiger partial charge on any atom is 0.270 e. The standard InChI is InChI=1S/C17H21N5O2/c1-17-11-20-5-6-21(12-17)10-14(9-20)16(17)19-18-8-13-3-2-4-15(7-13)22(23)24/h2-4,7-8,19H,5-6,9-12H2,1H3/b18-8-. The molecule has 4 aliphatic rings. The summed E-state index contributed by atoms with van der Waals surface area (Å²) in [4.78, 5) is 15.5. The zero-order valence-corrected chi connectivity index (χ0v) is 13.7. The summed E-state index contributed by atoms with van der Waals surface area (Å²) in [6.45, 7) is 8.72. The van der Waals surface area contributed by atoms with Crippen LogP contribution in [0.3, 0.4) is 0 Å². The molecule has 24 heavy (non-hydrogen) atoms. The Kier molecular flexibility index (Phi) is 3.62. The lowest BCUT2D eigenvalue weighted by atomic mass is 9.78. The Morgan fingerprint density at radius 3 is 2.62 bits per heavy atom. The van der Waals surface area contributed by atoms with Crippen LogP contribution in [0.1, 0.15) is 12.5 Å². The predicted octanol–water partition coefficient (Wildman–Crippen LogP) is 1.42. The zero-order valence-electron chi connectivity index (χ0n) is 13.7. The van der Waals surface area contributed by atoms with Gasteiger partial charge in [-0.1, -0.05) is 19.1 Å². The SMILES string of the molecule is CC12CN3CCN(CC(=C1N/N=C\c1cccc([N+](=O)[O-])c1)C3)C2. The Morgan fingerprint density at radius 1 is 1.29 bits per heavy atom. The number of nitro groups is 1. The van der Waals surface area contributed by atoms with Crippen molar-refractivity contribution in [1.82, 2.24) is 15.2 Å². The van der Waals surface area contributed by atoms with Crippen LogP contribution >= 0.6 is 0 Å². The maximum absolute atomic E-state index is 10.8. The van der Waals surface area contributed by atoms with Gasteiger partial charge in [0.05, 0.1) is 11.1 Å². The molecule has 2 fully saturated rings. The van der Waals surface area contributed by atoms with Crippen molar-refractivity contribution >= 4 is 11.9 Å². The lowest BCUT2D eigenvalue weighted by Crippen LogP contribution is -2.52. The summed E-state index contributed by atoms with van der Waals surface area (Å²) in [7, 11) is 0. The fourth-order valence-electron chi connectivity index (χ4n) is 4.18. The highest BCUT2D eigenvalue weighted by molar-refractivity contribution is 5.80.